The molecule has 1 aliphatic carbocycles. The highest BCUT2D eigenvalue weighted by Gasteiger charge is 2.49. The highest BCUT2D eigenvalue weighted by Crippen LogP contribution is 2.40. The molecule has 0 spiro atoms. The van der Waals surface area contributed by atoms with Gasteiger partial charge in [-0.2, -0.15) is 10.5 Å². The number of carbonyl (C=O) groups is 2. The number of nitrogens with zero attached hydrogens (tertiary/aromatic N) is 5. The van der Waals surface area contributed by atoms with Crippen LogP contribution >= 0.6 is 11.6 Å². The summed E-state index contributed by atoms with van der Waals surface area (Å²) in [5.74, 6) is -6.60. The number of rotatable bonds is 7. The average Bonchev–Trinajstić information content (AvgIpc) is 3.29. The topological polar surface area (TPSA) is 147 Å². The molecule has 1 saturated heterocycles. The number of carbonyl (C=O) groups excluding carboxylic acids is 2. The number of anilines is 2. The minimum atomic E-state index is -4.16. The van der Waals surface area contributed by atoms with Crippen LogP contribution in [0.3, 0.4) is 0 Å². The molecular formula is C29H22ClF3N6O4S. The Kier molecular flexibility index (Phi) is 8.25. The highest BCUT2D eigenvalue weighted by molar-refractivity contribution is 7.93. The largest absolute Gasteiger partial charge is 0.351 e. The summed E-state index contributed by atoms with van der Waals surface area (Å²) < 4.78 is 69.3. The summed E-state index contributed by atoms with van der Waals surface area (Å²) in [7, 11) is -4.16. The number of benzene rings is 2. The Labute approximate surface area is 255 Å². The third kappa shape index (κ3) is 6.04. The second kappa shape index (κ2) is 11.8. The van der Waals surface area contributed by atoms with Crippen molar-refractivity contribution in [2.75, 3.05) is 15.0 Å². The molecule has 10 nitrogen and oxygen atoms in total. The number of sulfonamides is 1. The molecule has 2 atom stereocenters. The fraction of sp³-hybridized carbons (Fsp3) is 0.276. The fourth-order valence-corrected chi connectivity index (χ4v) is 7.21. The van der Waals surface area contributed by atoms with Crippen LogP contribution in [-0.4, -0.2) is 49.0 Å². The molecule has 1 aliphatic heterocycles. The number of aromatic nitrogens is 1. The molecule has 15 heteroatoms. The van der Waals surface area contributed by atoms with Crippen molar-refractivity contribution in [2.45, 2.75) is 43.3 Å². The molecule has 0 bridgehead atoms. The van der Waals surface area contributed by atoms with E-state index in [0.717, 1.165) is 27.4 Å². The summed E-state index contributed by atoms with van der Waals surface area (Å²) in [6.07, 6.45) is -0.366. The van der Waals surface area contributed by atoms with Crippen LogP contribution in [0.1, 0.15) is 42.0 Å². The number of hydrogen-bond acceptors (Lipinski definition) is 7. The monoisotopic (exact) mass is 642 g/mol. The lowest BCUT2D eigenvalue weighted by Gasteiger charge is -2.39. The van der Waals surface area contributed by atoms with Crippen LogP contribution < -0.4 is 14.5 Å². The third-order valence-electron chi connectivity index (χ3n) is 7.29. The molecular weight excluding hydrogens is 621 g/mol. The van der Waals surface area contributed by atoms with Gasteiger partial charge in [0.15, 0.2) is 0 Å². The molecule has 3 aromatic rings. The quantitative estimate of drug-likeness (QED) is 0.406. The molecule has 226 valence electrons. The lowest BCUT2D eigenvalue weighted by Crippen LogP contribution is -2.56. The lowest BCUT2D eigenvalue weighted by molar-refractivity contribution is -0.133. The van der Waals surface area contributed by atoms with E-state index in [0.29, 0.717) is 0 Å². The van der Waals surface area contributed by atoms with Crippen molar-refractivity contribution in [3.8, 4) is 12.1 Å². The predicted molar refractivity (Wildman–Crippen MR) is 153 cm³/mol. The van der Waals surface area contributed by atoms with Crippen LogP contribution in [0.25, 0.3) is 0 Å². The first-order valence-electron chi connectivity index (χ1n) is 13.2. The predicted octanol–water partition coefficient (Wildman–Crippen LogP) is 4.21. The molecule has 0 radical (unpaired) electrons. The zero-order chi connectivity index (χ0) is 31.8. The summed E-state index contributed by atoms with van der Waals surface area (Å²) in [5.41, 5.74) is -0.400. The fourth-order valence-electron chi connectivity index (χ4n) is 5.28. The Hall–Kier alpha value is -4.66. The van der Waals surface area contributed by atoms with Crippen LogP contribution in [0.2, 0.25) is 5.02 Å². The SMILES string of the molecule is N#Cc1cc(F)cc(N(C(=O)[C@@H]2CCS(=O)(=O)N2c2cc(C#N)ccn2)C(C(=O)NC2CC(F)(F)C2)c2ccccc2Cl)c1. The van der Waals surface area contributed by atoms with Gasteiger partial charge in [0.2, 0.25) is 15.9 Å². The van der Waals surface area contributed by atoms with Gasteiger partial charge in [-0.15, -0.1) is 0 Å². The van der Waals surface area contributed by atoms with E-state index in [1.165, 1.54) is 36.5 Å². The van der Waals surface area contributed by atoms with E-state index in [2.05, 4.69) is 10.3 Å². The standard InChI is InChI=1S/C29H22ClF3N6O4S/c30-23-4-2-1-3-22(23)26(27(40)37-20-13-29(32,33)14-20)38(21-10-18(16-35)9-19(31)12-21)28(41)24-6-8-44(42,43)39(24)25-11-17(15-34)5-7-36-25/h1-5,7,9-12,20,24,26H,6,8,13-14H2,(H,37,40)/t24-,26?/m0/s1. The van der Waals surface area contributed by atoms with Crippen molar-refractivity contribution >= 4 is 44.9 Å². The van der Waals surface area contributed by atoms with Gasteiger partial charge in [-0.3, -0.25) is 14.5 Å². The van der Waals surface area contributed by atoms with Crippen molar-refractivity contribution in [3.63, 3.8) is 0 Å². The summed E-state index contributed by atoms with van der Waals surface area (Å²) in [6, 6.07) is 10.8. The molecule has 2 heterocycles. The van der Waals surface area contributed by atoms with Crippen LogP contribution in [-0.2, 0) is 19.6 Å². The summed E-state index contributed by atoms with van der Waals surface area (Å²) in [4.78, 5) is 33.3. The number of nitrogens with one attached hydrogen (secondary N) is 1. The van der Waals surface area contributed by atoms with E-state index in [4.69, 9.17) is 11.6 Å². The van der Waals surface area contributed by atoms with Gasteiger partial charge in [-0.1, -0.05) is 29.8 Å². The normalized spacial score (nSPS) is 19.2. The first kappa shape index (κ1) is 30.8. The van der Waals surface area contributed by atoms with E-state index in [1.54, 1.807) is 12.1 Å². The Morgan fingerprint density at radius 1 is 1.09 bits per heavy atom. The molecule has 2 fully saturated rings. The van der Waals surface area contributed by atoms with Crippen LogP contribution in [0.4, 0.5) is 24.7 Å². The molecule has 1 unspecified atom stereocenters. The first-order chi connectivity index (χ1) is 20.8. The van der Waals surface area contributed by atoms with E-state index in [9.17, 15) is 41.7 Å². The van der Waals surface area contributed by atoms with Gasteiger partial charge >= 0.3 is 0 Å². The Morgan fingerprint density at radius 3 is 2.45 bits per heavy atom. The molecule has 1 saturated carbocycles. The molecule has 1 aromatic heterocycles. The van der Waals surface area contributed by atoms with Gasteiger partial charge in [0.25, 0.3) is 11.8 Å². The van der Waals surface area contributed by atoms with E-state index < -0.39 is 70.3 Å². The van der Waals surface area contributed by atoms with Crippen LogP contribution in [0.5, 0.6) is 0 Å². The maximum absolute atomic E-state index is 14.8. The average molecular weight is 643 g/mol. The molecule has 44 heavy (non-hydrogen) atoms. The second-order valence-corrected chi connectivity index (χ2v) is 12.7. The molecule has 5 rings (SSSR count). The van der Waals surface area contributed by atoms with Crippen molar-refractivity contribution < 1.29 is 31.2 Å². The maximum Gasteiger partial charge on any atom is 0.252 e. The molecule has 2 aliphatic rings. The van der Waals surface area contributed by atoms with Crippen molar-refractivity contribution in [1.29, 1.82) is 10.5 Å². The van der Waals surface area contributed by atoms with Gasteiger partial charge in [0, 0.05) is 41.4 Å². The second-order valence-electron chi connectivity index (χ2n) is 10.3. The maximum atomic E-state index is 14.8. The van der Waals surface area contributed by atoms with Crippen molar-refractivity contribution in [1.82, 2.24) is 10.3 Å². The summed E-state index contributed by atoms with van der Waals surface area (Å²) >= 11 is 6.47. The highest BCUT2D eigenvalue weighted by atomic mass is 35.5. The molecule has 2 aromatic carbocycles. The third-order valence-corrected chi connectivity index (χ3v) is 9.42. The van der Waals surface area contributed by atoms with Gasteiger partial charge < -0.3 is 5.32 Å². The Bertz CT molecular complexity index is 1840. The minimum Gasteiger partial charge on any atom is -0.351 e. The van der Waals surface area contributed by atoms with Crippen molar-refractivity contribution in [2.24, 2.45) is 0 Å². The smallest absolute Gasteiger partial charge is 0.252 e. The van der Waals surface area contributed by atoms with Gasteiger partial charge in [-0.05, 0) is 42.8 Å². The zero-order valence-corrected chi connectivity index (χ0v) is 24.2. The number of halogens is 4. The van der Waals surface area contributed by atoms with E-state index in [1.807, 2.05) is 6.07 Å². The minimum absolute atomic E-state index is 0.000543. The number of pyridine rings is 1. The van der Waals surface area contributed by atoms with Gasteiger partial charge in [0.05, 0.1) is 29.0 Å². The number of hydrogen-bond donors (Lipinski definition) is 1. The van der Waals surface area contributed by atoms with E-state index >= 15 is 0 Å². The van der Waals surface area contributed by atoms with Crippen molar-refractivity contribution in [3.05, 3.63) is 88.3 Å². The Balaban J connectivity index is 1.68. The number of alkyl halides is 2. The number of nitriles is 2. The summed E-state index contributed by atoms with van der Waals surface area (Å²) in [5, 5.41) is 21.4. The van der Waals surface area contributed by atoms with Gasteiger partial charge in [-0.25, -0.2) is 30.9 Å². The molecule has 1 N–H and O–H groups in total. The van der Waals surface area contributed by atoms with Crippen LogP contribution in [0, 0.1) is 28.5 Å². The van der Waals surface area contributed by atoms with E-state index in [-0.39, 0.29) is 39.6 Å². The summed E-state index contributed by atoms with van der Waals surface area (Å²) in [6.45, 7) is 0. The molecule has 2 amide bonds. The first-order valence-corrected chi connectivity index (χ1v) is 15.2. The van der Waals surface area contributed by atoms with Crippen LogP contribution in [0.15, 0.2) is 60.8 Å². The lowest BCUT2D eigenvalue weighted by atomic mass is 9.87. The van der Waals surface area contributed by atoms with Gasteiger partial charge in [0.1, 0.15) is 23.7 Å². The Morgan fingerprint density at radius 2 is 1.80 bits per heavy atom. The number of amides is 2. The zero-order valence-electron chi connectivity index (χ0n) is 22.6.